The van der Waals surface area contributed by atoms with Gasteiger partial charge in [-0.05, 0) is 47.9 Å². The summed E-state index contributed by atoms with van der Waals surface area (Å²) in [5.74, 6) is 0.744. The number of hydrogen-bond donors (Lipinski definition) is 0. The molecule has 2 aromatic carbocycles. The molecule has 37 heavy (non-hydrogen) atoms. The summed E-state index contributed by atoms with van der Waals surface area (Å²) in [6.45, 7) is 14.3. The van der Waals surface area contributed by atoms with Crippen molar-refractivity contribution in [2.75, 3.05) is 13.3 Å². The summed E-state index contributed by atoms with van der Waals surface area (Å²) in [5, 5.41) is 3.30. The zero-order valence-electron chi connectivity index (χ0n) is 22.2. The van der Waals surface area contributed by atoms with Crippen LogP contribution in [0.1, 0.15) is 50.9 Å². The van der Waals surface area contributed by atoms with Crippen molar-refractivity contribution in [3.8, 4) is 0 Å². The molecule has 0 fully saturated rings. The third kappa shape index (κ3) is 9.31. The Bertz CT molecular complexity index is 984. The molecule has 0 saturated heterocycles. The predicted molar refractivity (Wildman–Crippen MR) is 174 cm³/mol. The van der Waals surface area contributed by atoms with Gasteiger partial charge in [0.05, 0.1) is 0 Å². The van der Waals surface area contributed by atoms with Crippen LogP contribution < -0.4 is 0 Å². The second-order valence-electron chi connectivity index (χ2n) is 8.95. The molecule has 2 nitrogen and oxygen atoms in total. The Hall–Kier alpha value is 0.603. The van der Waals surface area contributed by atoms with Crippen molar-refractivity contribution in [2.45, 2.75) is 55.9 Å². The summed E-state index contributed by atoms with van der Waals surface area (Å²) in [5.41, 5.74) is 20.6. The minimum Gasteiger partial charge on any atom is -0.672 e. The predicted octanol–water partition coefficient (Wildman–Crippen LogP) is 11.3. The van der Waals surface area contributed by atoms with Gasteiger partial charge in [0.2, 0.25) is 0 Å². The Kier molecular flexibility index (Phi) is 15.9. The topological polar surface area (TPSA) is 47.6 Å². The van der Waals surface area contributed by atoms with E-state index in [-0.39, 0.29) is 15.1 Å². The molecule has 2 aliphatic rings. The molecule has 0 aliphatic carbocycles. The molecule has 0 bridgehead atoms. The molecule has 4 unspecified atom stereocenters. The van der Waals surface area contributed by atoms with Crippen LogP contribution in [0.4, 0.5) is 0 Å². The van der Waals surface area contributed by atoms with Crippen molar-refractivity contribution in [3.05, 3.63) is 104 Å². The summed E-state index contributed by atoms with van der Waals surface area (Å²) < 4.78 is 0. The zero-order valence-corrected chi connectivity index (χ0v) is 29.0. The normalized spacial score (nSPS) is 25.4. The summed E-state index contributed by atoms with van der Waals surface area (Å²) >= 11 is 3.89. The maximum absolute atomic E-state index is 8.07. The van der Waals surface area contributed by atoms with Crippen LogP contribution in [0.2, 0.25) is 0 Å². The summed E-state index contributed by atoms with van der Waals surface area (Å²) in [6.07, 6.45) is 0. The fourth-order valence-electron chi connectivity index (χ4n) is 5.00. The van der Waals surface area contributed by atoms with E-state index in [0.29, 0.717) is 0 Å². The van der Waals surface area contributed by atoms with Crippen LogP contribution in [0.25, 0.3) is 11.5 Å². The van der Waals surface area contributed by atoms with E-state index in [4.69, 9.17) is 30.8 Å². The van der Waals surface area contributed by atoms with Gasteiger partial charge in [0.1, 0.15) is 0 Å². The van der Waals surface area contributed by atoms with E-state index < -0.39 is 12.1 Å². The standard InChI is InChI=1S/C14H14N2.C14H24P2S2.2ClH.Ru/c15-13(11-7-3-1-4-8-11)14(16)12-9-5-2-6-10-12;1-7-11(13(15-5)9(3)17-7)12-8(2)18-10(4)14(12)16-6;;;/h1-10,13-16H;7,10-11,14-16H,1-6H3;2*1H;/q-2;;;;+4/p-2/t13-,14-;7?,10-,11-,14?;;;/m11.../s1. The third-order valence-electron chi connectivity index (χ3n) is 6.66. The molecule has 2 aliphatic heterocycles. The van der Waals surface area contributed by atoms with Gasteiger partial charge in [-0.15, -0.1) is 44.2 Å². The fraction of sp³-hybridized carbons (Fsp3) is 0.429. The first-order valence-corrected chi connectivity index (χ1v) is 21.5. The molecule has 204 valence electrons. The number of benzene rings is 2. The molecule has 0 aromatic heterocycles. The van der Waals surface area contributed by atoms with Crippen LogP contribution in [0.3, 0.4) is 0 Å². The number of hydrogen-bond acceptors (Lipinski definition) is 2. The number of thioether (sulfide) groups is 2. The van der Waals surface area contributed by atoms with E-state index in [1.54, 1.807) is 20.7 Å². The minimum atomic E-state index is -0.524. The van der Waals surface area contributed by atoms with E-state index in [1.807, 2.05) is 60.7 Å². The molecule has 2 N–H and O–H groups in total. The molecule has 0 spiro atoms. The van der Waals surface area contributed by atoms with Crippen LogP contribution in [0.5, 0.6) is 0 Å². The second kappa shape index (κ2) is 17.4. The van der Waals surface area contributed by atoms with Gasteiger partial charge in [-0.1, -0.05) is 94.2 Å². The van der Waals surface area contributed by atoms with E-state index in [1.165, 1.54) is 0 Å². The SMILES string of the molecule is CPC1=C(C)SC(C)[C@@H]1C1=C(C)S[C@H](C)C1PC.[Cl][Ru+2][Cl].[NH-][C@H](c1ccccc1)[C@H]([NH-])c1ccccc1. The van der Waals surface area contributed by atoms with Gasteiger partial charge < -0.3 is 11.5 Å². The van der Waals surface area contributed by atoms with Gasteiger partial charge in [0.15, 0.2) is 0 Å². The molecule has 0 radical (unpaired) electrons. The van der Waals surface area contributed by atoms with Crippen molar-refractivity contribution < 1.29 is 15.1 Å². The van der Waals surface area contributed by atoms with Crippen molar-refractivity contribution >= 4 is 60.1 Å². The molecule has 8 atom stereocenters. The first kappa shape index (κ1) is 33.8. The monoisotopic (exact) mass is 700 g/mol. The van der Waals surface area contributed by atoms with E-state index in [2.05, 4.69) is 64.5 Å². The first-order valence-electron chi connectivity index (χ1n) is 12.2. The maximum Gasteiger partial charge on any atom is -0.0606 e. The minimum absolute atomic E-state index is 0.346. The summed E-state index contributed by atoms with van der Waals surface area (Å²) in [6, 6.07) is 18.1. The van der Waals surface area contributed by atoms with Crippen LogP contribution in [-0.2, 0) is 15.1 Å². The van der Waals surface area contributed by atoms with Crippen LogP contribution in [0, 0.1) is 5.92 Å². The van der Waals surface area contributed by atoms with Crippen LogP contribution in [-0.4, -0.2) is 29.5 Å². The van der Waals surface area contributed by atoms with E-state index >= 15 is 0 Å². The van der Waals surface area contributed by atoms with Crippen molar-refractivity contribution in [3.63, 3.8) is 0 Å². The molecular formula is C28H38Cl2N2P2RuS2. The molecule has 9 heteroatoms. The third-order valence-corrected chi connectivity index (χ3v) is 12.2. The smallest absolute Gasteiger partial charge is 0.0606 e. The van der Waals surface area contributed by atoms with Gasteiger partial charge in [0.25, 0.3) is 0 Å². The van der Waals surface area contributed by atoms with Crippen LogP contribution >= 0.6 is 60.1 Å². The number of rotatable bonds is 6. The van der Waals surface area contributed by atoms with Crippen LogP contribution in [0.15, 0.2) is 81.4 Å². The van der Waals surface area contributed by atoms with Gasteiger partial charge in [0, 0.05) is 22.1 Å². The molecule has 2 aromatic rings. The number of allylic oxidation sites excluding steroid dienone is 4. The number of nitrogens with one attached hydrogen (secondary N) is 2. The van der Waals surface area contributed by atoms with Crippen molar-refractivity contribution in [1.82, 2.24) is 0 Å². The van der Waals surface area contributed by atoms with E-state index in [9.17, 15) is 0 Å². The van der Waals surface area contributed by atoms with Crippen molar-refractivity contribution in [2.24, 2.45) is 5.92 Å². The van der Waals surface area contributed by atoms with Gasteiger partial charge >= 0.3 is 34.5 Å². The number of halogens is 2. The van der Waals surface area contributed by atoms with Gasteiger partial charge in [-0.3, -0.25) is 0 Å². The Morgan fingerprint density at radius 1 is 0.784 bits per heavy atom. The maximum atomic E-state index is 8.07. The molecule has 0 amide bonds. The molecule has 4 rings (SSSR count). The first-order chi connectivity index (χ1) is 17.7. The molecule has 0 saturated carbocycles. The Morgan fingerprint density at radius 3 is 1.62 bits per heavy atom. The van der Waals surface area contributed by atoms with Gasteiger partial charge in [-0.2, -0.15) is 0 Å². The Morgan fingerprint density at radius 2 is 1.22 bits per heavy atom. The second-order valence-corrected chi connectivity index (χ2v) is 17.0. The Labute approximate surface area is 252 Å². The summed E-state index contributed by atoms with van der Waals surface area (Å²) in [7, 11) is 11.7. The average molecular weight is 701 g/mol. The largest absolute Gasteiger partial charge is 0.672 e. The van der Waals surface area contributed by atoms with E-state index in [0.717, 1.165) is 50.4 Å². The quantitative estimate of drug-likeness (QED) is 0.222. The molecular weight excluding hydrogens is 662 g/mol. The molecule has 2 heterocycles. The van der Waals surface area contributed by atoms with Gasteiger partial charge in [-0.25, -0.2) is 0 Å². The fourth-order valence-corrected chi connectivity index (χ4v) is 11.0. The summed E-state index contributed by atoms with van der Waals surface area (Å²) in [4.78, 5) is 3.24. The zero-order chi connectivity index (χ0) is 27.5. The van der Waals surface area contributed by atoms with Crippen molar-refractivity contribution in [1.29, 1.82) is 0 Å². The Balaban J connectivity index is 0.000000237. The average Bonchev–Trinajstić information content (AvgIpc) is 3.35.